The number of carbonyl (C=O) groups excluding carboxylic acids is 3. The lowest BCUT2D eigenvalue weighted by molar-refractivity contribution is -0.136. The van der Waals surface area contributed by atoms with Crippen molar-refractivity contribution in [3.8, 4) is 0 Å². The molecule has 108 valence electrons. The van der Waals surface area contributed by atoms with Gasteiger partial charge in [0, 0.05) is 37.1 Å². The highest BCUT2D eigenvalue weighted by Crippen LogP contribution is 2.03. The summed E-state index contributed by atoms with van der Waals surface area (Å²) in [5.41, 5.74) is 6.92. The van der Waals surface area contributed by atoms with Crippen molar-refractivity contribution >= 4 is 29.7 Å². The van der Waals surface area contributed by atoms with Gasteiger partial charge in [0.05, 0.1) is 0 Å². The molecule has 0 unspecified atom stereocenters. The van der Waals surface area contributed by atoms with E-state index in [-0.39, 0.29) is 24.9 Å². The molecule has 3 N–H and O–H groups in total. The average molecular weight is 286 g/mol. The minimum Gasteiger partial charge on any atom is -0.399 e. The van der Waals surface area contributed by atoms with Gasteiger partial charge in [-0.05, 0) is 17.7 Å². The maximum absolute atomic E-state index is 11.5. The molecule has 2 rings (SSSR count). The molecule has 0 atom stereocenters. The van der Waals surface area contributed by atoms with Crippen LogP contribution in [0.4, 0.5) is 10.5 Å². The molecular weight excluding hydrogens is 272 g/mol. The summed E-state index contributed by atoms with van der Waals surface area (Å²) in [6, 6.07) is 6.34. The molecule has 1 aromatic rings. The third kappa shape index (κ3) is 4.00. The minimum atomic E-state index is -0.543. The van der Waals surface area contributed by atoms with Gasteiger partial charge in [0.2, 0.25) is 0 Å². The fourth-order valence-electron chi connectivity index (χ4n) is 1.69. The van der Waals surface area contributed by atoms with Gasteiger partial charge in [0.1, 0.15) is 0 Å². The highest BCUT2D eigenvalue weighted by Gasteiger charge is 2.22. The van der Waals surface area contributed by atoms with Gasteiger partial charge in [-0.1, -0.05) is 12.1 Å². The Labute approximate surface area is 121 Å². The molecule has 0 aliphatic carbocycles. The normalized spacial score (nSPS) is 14.2. The SMILES string of the molecule is Nc1ccc(/C=N/C(=O)NCCN2C(=O)C=CC2=O)cc1. The van der Waals surface area contributed by atoms with Crippen LogP contribution in [0, 0.1) is 0 Å². The van der Waals surface area contributed by atoms with Crippen LogP contribution in [0.2, 0.25) is 0 Å². The number of hydrogen-bond donors (Lipinski definition) is 2. The van der Waals surface area contributed by atoms with Gasteiger partial charge in [0.25, 0.3) is 11.8 Å². The molecule has 1 aromatic carbocycles. The van der Waals surface area contributed by atoms with Gasteiger partial charge in [-0.3, -0.25) is 14.5 Å². The van der Waals surface area contributed by atoms with E-state index in [0.29, 0.717) is 5.69 Å². The van der Waals surface area contributed by atoms with Crippen LogP contribution in [0.1, 0.15) is 5.56 Å². The van der Waals surface area contributed by atoms with Crippen molar-refractivity contribution in [3.63, 3.8) is 0 Å². The fraction of sp³-hybridized carbons (Fsp3) is 0.143. The van der Waals surface area contributed by atoms with Crippen LogP contribution in [0.15, 0.2) is 41.4 Å². The van der Waals surface area contributed by atoms with E-state index in [2.05, 4.69) is 10.3 Å². The number of imide groups is 1. The number of anilines is 1. The highest BCUT2D eigenvalue weighted by molar-refractivity contribution is 6.12. The number of rotatable bonds is 4. The average Bonchev–Trinajstić information content (AvgIpc) is 2.78. The molecule has 0 bridgehead atoms. The van der Waals surface area contributed by atoms with E-state index in [9.17, 15) is 14.4 Å². The Bertz CT molecular complexity index is 602. The zero-order valence-electron chi connectivity index (χ0n) is 11.2. The molecule has 4 amide bonds. The fourth-order valence-corrected chi connectivity index (χ4v) is 1.69. The van der Waals surface area contributed by atoms with Crippen molar-refractivity contribution in [2.45, 2.75) is 0 Å². The minimum absolute atomic E-state index is 0.119. The first-order chi connectivity index (χ1) is 10.1. The number of amides is 4. The highest BCUT2D eigenvalue weighted by atomic mass is 16.2. The van der Waals surface area contributed by atoms with Crippen molar-refractivity contribution in [1.29, 1.82) is 0 Å². The zero-order valence-corrected chi connectivity index (χ0v) is 11.2. The van der Waals surface area contributed by atoms with Crippen LogP contribution in [0.5, 0.6) is 0 Å². The second-order valence-corrected chi connectivity index (χ2v) is 4.32. The van der Waals surface area contributed by atoms with Gasteiger partial charge in [-0.25, -0.2) is 9.79 Å². The van der Waals surface area contributed by atoms with E-state index in [4.69, 9.17) is 5.73 Å². The van der Waals surface area contributed by atoms with Crippen LogP contribution < -0.4 is 11.1 Å². The summed E-state index contributed by atoms with van der Waals surface area (Å²) >= 11 is 0. The van der Waals surface area contributed by atoms with Crippen LogP contribution in [-0.4, -0.2) is 42.0 Å². The zero-order chi connectivity index (χ0) is 15.2. The summed E-state index contributed by atoms with van der Waals surface area (Å²) < 4.78 is 0. The van der Waals surface area contributed by atoms with Crippen LogP contribution in [0.25, 0.3) is 0 Å². The van der Waals surface area contributed by atoms with Gasteiger partial charge < -0.3 is 11.1 Å². The first-order valence-corrected chi connectivity index (χ1v) is 6.27. The number of nitrogens with two attached hydrogens (primary N) is 1. The molecule has 1 aliphatic heterocycles. The quantitative estimate of drug-likeness (QED) is 0.472. The predicted molar refractivity (Wildman–Crippen MR) is 77.7 cm³/mol. The van der Waals surface area contributed by atoms with E-state index in [1.165, 1.54) is 18.4 Å². The number of aliphatic imine (C=N–C) groups is 1. The maximum Gasteiger partial charge on any atom is 0.340 e. The van der Waals surface area contributed by atoms with E-state index >= 15 is 0 Å². The van der Waals surface area contributed by atoms with Gasteiger partial charge in [0.15, 0.2) is 0 Å². The predicted octanol–water partition coefficient (Wildman–Crippen LogP) is 0.322. The lowest BCUT2D eigenvalue weighted by Gasteiger charge is -2.12. The molecule has 0 aromatic heterocycles. The standard InChI is InChI=1S/C14H14N4O3/c15-11-3-1-10(2-4-11)9-17-14(21)16-7-8-18-12(19)5-6-13(18)20/h1-6,9H,7-8,15H2,(H,16,21)/b17-9+. The largest absolute Gasteiger partial charge is 0.399 e. The summed E-state index contributed by atoms with van der Waals surface area (Å²) in [5.74, 6) is -0.751. The molecular formula is C14H14N4O3. The Morgan fingerprint density at radius 1 is 1.19 bits per heavy atom. The topological polar surface area (TPSA) is 105 Å². The number of nitrogens with zero attached hydrogens (tertiary/aromatic N) is 2. The molecule has 0 spiro atoms. The van der Waals surface area contributed by atoms with Gasteiger partial charge in [-0.2, -0.15) is 0 Å². The number of nitrogen functional groups attached to an aromatic ring is 1. The van der Waals surface area contributed by atoms with E-state index in [1.54, 1.807) is 24.3 Å². The van der Waals surface area contributed by atoms with Crippen molar-refractivity contribution in [2.24, 2.45) is 4.99 Å². The smallest absolute Gasteiger partial charge is 0.340 e. The first-order valence-electron chi connectivity index (χ1n) is 6.27. The van der Waals surface area contributed by atoms with Crippen molar-refractivity contribution in [3.05, 3.63) is 42.0 Å². The lowest BCUT2D eigenvalue weighted by atomic mass is 10.2. The second kappa shape index (κ2) is 6.47. The van der Waals surface area contributed by atoms with Crippen LogP contribution >= 0.6 is 0 Å². The Kier molecular flexibility index (Phi) is 4.45. The summed E-state index contributed by atoms with van der Waals surface area (Å²) in [4.78, 5) is 38.8. The third-order valence-electron chi connectivity index (χ3n) is 2.78. The molecule has 21 heavy (non-hydrogen) atoms. The maximum atomic E-state index is 11.5. The second-order valence-electron chi connectivity index (χ2n) is 4.32. The molecule has 0 fully saturated rings. The third-order valence-corrected chi connectivity index (χ3v) is 2.78. The van der Waals surface area contributed by atoms with Gasteiger partial charge >= 0.3 is 6.03 Å². The van der Waals surface area contributed by atoms with Crippen LogP contribution in [-0.2, 0) is 9.59 Å². The molecule has 7 nitrogen and oxygen atoms in total. The number of urea groups is 1. The van der Waals surface area contributed by atoms with E-state index in [0.717, 1.165) is 10.5 Å². The Hall–Kier alpha value is -2.96. The number of hydrogen-bond acceptors (Lipinski definition) is 4. The van der Waals surface area contributed by atoms with Crippen molar-refractivity contribution in [1.82, 2.24) is 10.2 Å². The molecule has 1 aliphatic rings. The summed E-state index contributed by atoms with van der Waals surface area (Å²) in [7, 11) is 0. The summed E-state index contributed by atoms with van der Waals surface area (Å²) in [6.45, 7) is 0.269. The monoisotopic (exact) mass is 286 g/mol. The van der Waals surface area contributed by atoms with Crippen molar-refractivity contribution < 1.29 is 14.4 Å². The first kappa shape index (κ1) is 14.4. The summed E-state index contributed by atoms with van der Waals surface area (Å²) in [6.07, 6.45) is 3.80. The molecule has 0 saturated carbocycles. The van der Waals surface area contributed by atoms with Crippen molar-refractivity contribution in [2.75, 3.05) is 18.8 Å². The molecule has 1 heterocycles. The van der Waals surface area contributed by atoms with Crippen LogP contribution in [0.3, 0.4) is 0 Å². The lowest BCUT2D eigenvalue weighted by Crippen LogP contribution is -2.37. The number of carbonyl (C=O) groups is 3. The Morgan fingerprint density at radius 3 is 2.43 bits per heavy atom. The molecule has 0 radical (unpaired) electrons. The number of benzene rings is 1. The Morgan fingerprint density at radius 2 is 1.81 bits per heavy atom. The Balaban J connectivity index is 1.76. The summed E-state index contributed by atoms with van der Waals surface area (Å²) in [5, 5.41) is 2.50. The van der Waals surface area contributed by atoms with E-state index in [1.807, 2.05) is 0 Å². The van der Waals surface area contributed by atoms with Gasteiger partial charge in [-0.15, -0.1) is 0 Å². The van der Waals surface area contributed by atoms with E-state index < -0.39 is 6.03 Å². The number of nitrogens with one attached hydrogen (secondary N) is 1. The molecule has 7 heteroatoms. The molecule has 0 saturated heterocycles.